The number of hydrogen-bond acceptors (Lipinski definition) is 16. The monoisotopic (exact) mass is 1210 g/mol. The van der Waals surface area contributed by atoms with E-state index in [0.717, 1.165) is 108 Å². The molecule has 0 radical (unpaired) electrons. The van der Waals surface area contributed by atoms with E-state index in [1.54, 1.807) is 27.7 Å². The van der Waals surface area contributed by atoms with Gasteiger partial charge in [0, 0.05) is 15.5 Å². The topological polar surface area (TPSA) is 210 Å². The normalized spacial score (nSPS) is 11.4. The number of carbonyl (C=O) groups excluding carboxylic acids is 4. The van der Waals surface area contributed by atoms with Crippen LogP contribution in [0, 0.1) is 32.5 Å². The van der Waals surface area contributed by atoms with E-state index in [0.29, 0.717) is 39.3 Å². The van der Waals surface area contributed by atoms with E-state index in [1.807, 2.05) is 130 Å². The average molecular weight is 1210 g/mol. The Morgan fingerprint density at radius 1 is 0.425 bits per heavy atom. The molecule has 0 saturated heterocycles. The molecular weight excluding hydrogens is 1110 g/mol. The molecule has 0 aliphatic heterocycles. The van der Waals surface area contributed by atoms with Crippen LogP contribution in [0.4, 0.5) is 0 Å². The zero-order chi connectivity index (χ0) is 55.1. The molecule has 13 nitrogen and oxygen atoms in total. The summed E-state index contributed by atoms with van der Waals surface area (Å²) in [5.41, 5.74) is -2.71. The van der Waals surface area contributed by atoms with Crippen molar-refractivity contribution < 1.29 is 93.0 Å². The quantitative estimate of drug-likeness (QED) is 0.0101. The largest absolute Gasteiger partial charge is 1.00 e. The number of alkyl halides is 1. The number of carboxylic acids is 2. The molecule has 0 atom stereocenters. The van der Waals surface area contributed by atoms with Gasteiger partial charge in [0.25, 0.3) is 0 Å². The SMILES string of the molecule is C.CC(C)(CCCSCSCCCC(C)(C)C(=O)O)C(=O)O.CCOC(=O)C(C)(C)CCCBr.CCOC(=O)C(C)(C)CCCS.CCOC(=O)C(C)(C)CCCSCSCCCC(C)(C)C(=O)OCC.[Na+].[OH-]. The molecule has 0 amide bonds. The minimum absolute atomic E-state index is 0. The maximum Gasteiger partial charge on any atom is 1.00 e. The van der Waals surface area contributed by atoms with E-state index in [9.17, 15) is 28.8 Å². The number of halogens is 1. The van der Waals surface area contributed by atoms with Crippen LogP contribution in [-0.4, -0.2) is 122 Å². The molecule has 0 spiro atoms. The Balaban J connectivity index is -0.000000164. The van der Waals surface area contributed by atoms with Crippen LogP contribution in [-0.2, 0) is 47.7 Å². The molecule has 0 aromatic rings. The third-order valence-corrected chi connectivity index (χ3v) is 16.9. The number of thioether (sulfide) groups is 4. The first-order valence-corrected chi connectivity index (χ1v) is 31.4. The number of hydrogen-bond donors (Lipinski definition) is 3. The van der Waals surface area contributed by atoms with E-state index in [4.69, 9.17) is 29.2 Å². The van der Waals surface area contributed by atoms with Gasteiger partial charge in [-0.25, -0.2) is 0 Å². The fourth-order valence-electron chi connectivity index (χ4n) is 5.78. The average Bonchev–Trinajstić information content (AvgIpc) is 3.27. The molecule has 20 heteroatoms. The Labute approximate surface area is 498 Å². The predicted molar refractivity (Wildman–Crippen MR) is 316 cm³/mol. The van der Waals surface area contributed by atoms with Crippen LogP contribution in [0.3, 0.4) is 0 Å². The van der Waals surface area contributed by atoms with Crippen molar-refractivity contribution in [2.75, 3.05) is 70.7 Å². The van der Waals surface area contributed by atoms with E-state index >= 15 is 0 Å². The van der Waals surface area contributed by atoms with Gasteiger partial charge in [0.05, 0.1) is 58.9 Å². The first-order valence-electron chi connectivity index (χ1n) is 25.0. The van der Waals surface area contributed by atoms with Crippen LogP contribution in [0.25, 0.3) is 0 Å². The standard InChI is InChI=1S/C19H36O4S2.C15H28O4S2.C9H17BrO2.C9H18O2S.CH4.Na.H2O/c1-7-22-16(20)18(3,4)11-9-13-24-15-25-14-10-12-19(5,6)17(21)23-8-2;1-14(2,12(16)17)7-5-9-20-11-21-10-6-8-15(3,4)13(18)19;1-4-12-8(11)9(2,3)6-5-7-10;1-4-11-8(10)9(2,3)6-5-7-12;;;/h7-15H2,1-6H3;5-11H2,1-4H3,(H,16,17)(H,18,19);4-7H2,1-3H3;12H,4-7H2,1-3H3;1H4;;1H2/q;;;;;+1;/p-1. The maximum absolute atomic E-state index is 11.8. The summed E-state index contributed by atoms with van der Waals surface area (Å²) in [6.07, 6.45) is 10.7. The molecule has 0 rings (SSSR count). The second-order valence-corrected chi connectivity index (χ2v) is 27.1. The van der Waals surface area contributed by atoms with Crippen molar-refractivity contribution in [1.29, 1.82) is 0 Å². The summed E-state index contributed by atoms with van der Waals surface area (Å²) in [7, 11) is 0. The number of carbonyl (C=O) groups is 6. The molecule has 0 saturated carbocycles. The Hall–Kier alpha value is 0.01000. The van der Waals surface area contributed by atoms with Gasteiger partial charge >= 0.3 is 65.4 Å². The number of aliphatic carboxylic acids is 2. The third kappa shape index (κ3) is 47.7. The van der Waals surface area contributed by atoms with Crippen molar-refractivity contribution in [3.05, 3.63) is 0 Å². The van der Waals surface area contributed by atoms with Gasteiger partial charge in [0.15, 0.2) is 0 Å². The number of thiol groups is 1. The zero-order valence-corrected chi connectivity index (χ0v) is 55.6. The molecule has 0 aliphatic rings. The number of rotatable bonds is 36. The van der Waals surface area contributed by atoms with Crippen LogP contribution in [0.5, 0.6) is 0 Å². The zero-order valence-electron chi connectivity index (χ0n) is 47.9. The minimum atomic E-state index is -0.733. The van der Waals surface area contributed by atoms with Gasteiger partial charge in [-0.15, -0.1) is 0 Å². The first-order chi connectivity index (χ1) is 32.3. The molecule has 0 bridgehead atoms. The van der Waals surface area contributed by atoms with Crippen molar-refractivity contribution in [3.8, 4) is 0 Å². The number of ether oxygens (including phenoxy) is 4. The summed E-state index contributed by atoms with van der Waals surface area (Å²) in [4.78, 5) is 68.1. The Morgan fingerprint density at radius 2 is 0.630 bits per heavy atom. The van der Waals surface area contributed by atoms with Crippen LogP contribution >= 0.6 is 75.6 Å². The molecule has 0 unspecified atom stereocenters. The van der Waals surface area contributed by atoms with E-state index in [1.165, 1.54) is 0 Å². The van der Waals surface area contributed by atoms with Gasteiger partial charge in [0.2, 0.25) is 0 Å². The van der Waals surface area contributed by atoms with Gasteiger partial charge in [-0.05, 0) is 217 Å². The Morgan fingerprint density at radius 3 is 0.822 bits per heavy atom. The second-order valence-electron chi connectivity index (χ2n) is 20.7. The fraction of sp³-hybridized carbons (Fsp3) is 0.887. The van der Waals surface area contributed by atoms with Gasteiger partial charge in [0.1, 0.15) is 0 Å². The summed E-state index contributed by atoms with van der Waals surface area (Å²) in [5, 5.41) is 21.0. The van der Waals surface area contributed by atoms with Gasteiger partial charge in [-0.3, -0.25) is 28.8 Å². The minimum Gasteiger partial charge on any atom is -0.870 e. The summed E-state index contributed by atoms with van der Waals surface area (Å²) in [6.45, 7) is 31.7. The second kappa shape index (κ2) is 49.1. The fourth-order valence-corrected chi connectivity index (χ4v) is 10.4. The van der Waals surface area contributed by atoms with E-state index in [2.05, 4.69) is 28.6 Å². The van der Waals surface area contributed by atoms with Crippen molar-refractivity contribution in [1.82, 2.24) is 0 Å². The van der Waals surface area contributed by atoms with Crippen molar-refractivity contribution in [3.63, 3.8) is 0 Å². The third-order valence-electron chi connectivity index (χ3n) is 11.1. The number of esters is 4. The molecule has 0 aliphatic carbocycles. The smallest absolute Gasteiger partial charge is 0.870 e. The predicted octanol–water partition coefficient (Wildman–Crippen LogP) is 11.8. The van der Waals surface area contributed by atoms with Crippen molar-refractivity contribution >= 4 is 111 Å². The molecule has 0 aromatic heterocycles. The number of carboxylic acid groups (broad SMARTS) is 2. The van der Waals surface area contributed by atoms with Crippen molar-refractivity contribution in [2.45, 2.75) is 195 Å². The maximum atomic E-state index is 11.8. The van der Waals surface area contributed by atoms with Crippen molar-refractivity contribution in [2.24, 2.45) is 32.5 Å². The molecular formula is C53H104BrNaO13S5. The van der Waals surface area contributed by atoms with E-state index < -0.39 is 22.8 Å². The van der Waals surface area contributed by atoms with E-state index in [-0.39, 0.29) is 88.0 Å². The summed E-state index contributed by atoms with van der Waals surface area (Å²) < 4.78 is 20.1. The molecule has 0 heterocycles. The van der Waals surface area contributed by atoms with Crippen LogP contribution in [0.1, 0.15) is 195 Å². The summed E-state index contributed by atoms with van der Waals surface area (Å²) in [5.74, 6) is 3.03. The van der Waals surface area contributed by atoms with Crippen LogP contribution in [0.15, 0.2) is 0 Å². The van der Waals surface area contributed by atoms with Crippen LogP contribution in [0.2, 0.25) is 0 Å². The molecule has 0 aromatic carbocycles. The first kappa shape index (κ1) is 86.9. The molecule has 432 valence electrons. The Bertz CT molecular complexity index is 1330. The Kier molecular flexibility index (Phi) is 58.4. The molecule has 73 heavy (non-hydrogen) atoms. The van der Waals surface area contributed by atoms with Crippen LogP contribution < -0.4 is 29.6 Å². The summed E-state index contributed by atoms with van der Waals surface area (Å²) >= 11 is 14.9. The molecule has 3 N–H and O–H groups in total. The molecule has 0 fully saturated rings. The van der Waals surface area contributed by atoms with Gasteiger partial charge < -0.3 is 34.6 Å². The van der Waals surface area contributed by atoms with Gasteiger partial charge in [-0.2, -0.15) is 59.7 Å². The van der Waals surface area contributed by atoms with Gasteiger partial charge in [-0.1, -0.05) is 23.4 Å². The summed E-state index contributed by atoms with van der Waals surface area (Å²) in [6, 6.07) is 0.